The van der Waals surface area contributed by atoms with Gasteiger partial charge in [-0.1, -0.05) is 41.9 Å². The van der Waals surface area contributed by atoms with E-state index in [2.05, 4.69) is 10.0 Å². The van der Waals surface area contributed by atoms with Crippen molar-refractivity contribution in [2.75, 3.05) is 23.8 Å². The van der Waals surface area contributed by atoms with E-state index in [0.29, 0.717) is 11.5 Å². The number of ether oxygens (including phenoxy) is 2. The van der Waals surface area contributed by atoms with Gasteiger partial charge in [0.25, 0.3) is 15.9 Å². The zero-order valence-electron chi connectivity index (χ0n) is 16.9. The van der Waals surface area contributed by atoms with Crippen LogP contribution in [0.5, 0.6) is 11.5 Å². The molecule has 0 aliphatic heterocycles. The van der Waals surface area contributed by atoms with Gasteiger partial charge in [-0.05, 0) is 48.9 Å². The van der Waals surface area contributed by atoms with E-state index in [1.165, 1.54) is 25.3 Å². The van der Waals surface area contributed by atoms with Crippen LogP contribution in [0.3, 0.4) is 0 Å². The first kappa shape index (κ1) is 22.5. The average Bonchev–Trinajstić information content (AvgIpc) is 2.74. The van der Waals surface area contributed by atoms with Gasteiger partial charge in [0.15, 0.2) is 6.61 Å². The highest BCUT2D eigenvalue weighted by molar-refractivity contribution is 7.92. The number of benzene rings is 3. The number of nitrogens with one attached hydrogen (secondary N) is 2. The molecule has 0 radical (unpaired) electrons. The molecule has 0 spiro atoms. The fourth-order valence-electron chi connectivity index (χ4n) is 2.77. The molecule has 0 unspecified atom stereocenters. The number of anilines is 2. The molecule has 1 amide bonds. The number of aryl methyl sites for hydroxylation is 1. The zero-order chi connectivity index (χ0) is 22.4. The molecule has 2 N–H and O–H groups in total. The van der Waals surface area contributed by atoms with Crippen LogP contribution in [-0.4, -0.2) is 28.0 Å². The lowest BCUT2D eigenvalue weighted by molar-refractivity contribution is -0.118. The maximum Gasteiger partial charge on any atom is 0.263 e. The zero-order valence-corrected chi connectivity index (χ0v) is 18.5. The molecular weight excluding hydrogens is 440 g/mol. The Bertz CT molecular complexity index is 1200. The molecule has 9 heteroatoms. The Balaban J connectivity index is 1.75. The summed E-state index contributed by atoms with van der Waals surface area (Å²) in [5.41, 5.74) is 1.43. The molecule has 0 aliphatic carbocycles. The molecule has 0 bridgehead atoms. The molecule has 0 saturated heterocycles. The van der Waals surface area contributed by atoms with Gasteiger partial charge in [0, 0.05) is 5.69 Å². The van der Waals surface area contributed by atoms with Crippen LogP contribution in [0.1, 0.15) is 5.56 Å². The molecule has 3 aromatic carbocycles. The number of halogens is 1. The molecule has 3 rings (SSSR count). The van der Waals surface area contributed by atoms with Crippen molar-refractivity contribution in [2.45, 2.75) is 11.8 Å². The van der Waals surface area contributed by atoms with Gasteiger partial charge in [-0.2, -0.15) is 0 Å². The highest BCUT2D eigenvalue weighted by Gasteiger charge is 2.21. The molecule has 0 heterocycles. The summed E-state index contributed by atoms with van der Waals surface area (Å²) in [5.74, 6) is 0.518. The monoisotopic (exact) mass is 460 g/mol. The van der Waals surface area contributed by atoms with Crippen molar-refractivity contribution in [3.8, 4) is 11.5 Å². The van der Waals surface area contributed by atoms with Crippen LogP contribution in [0.4, 0.5) is 11.4 Å². The van der Waals surface area contributed by atoms with Crippen LogP contribution in [0, 0.1) is 6.92 Å². The lowest BCUT2D eigenvalue weighted by Gasteiger charge is -2.14. The fraction of sp³-hybridized carbons (Fsp3) is 0.136. The highest BCUT2D eigenvalue weighted by Crippen LogP contribution is 2.30. The first-order valence-corrected chi connectivity index (χ1v) is 11.1. The van der Waals surface area contributed by atoms with Gasteiger partial charge in [-0.15, -0.1) is 0 Å². The van der Waals surface area contributed by atoms with E-state index in [1.807, 2.05) is 25.1 Å². The lowest BCUT2D eigenvalue weighted by Crippen LogP contribution is -2.21. The van der Waals surface area contributed by atoms with Crippen molar-refractivity contribution in [3.63, 3.8) is 0 Å². The fourth-order valence-corrected chi connectivity index (χ4v) is 4.37. The number of amides is 1. The van der Waals surface area contributed by atoms with Crippen LogP contribution in [0.25, 0.3) is 0 Å². The molecule has 162 valence electrons. The third-order valence-corrected chi connectivity index (χ3v) is 6.16. The third kappa shape index (κ3) is 5.68. The number of carbonyl (C=O) groups is 1. The van der Waals surface area contributed by atoms with Crippen molar-refractivity contribution in [3.05, 3.63) is 77.3 Å². The summed E-state index contributed by atoms with van der Waals surface area (Å²) in [7, 11) is -2.60. The maximum atomic E-state index is 12.9. The van der Waals surface area contributed by atoms with Crippen LogP contribution >= 0.6 is 11.6 Å². The van der Waals surface area contributed by atoms with Crippen molar-refractivity contribution in [2.24, 2.45) is 0 Å². The summed E-state index contributed by atoms with van der Waals surface area (Å²) >= 11 is 6.13. The molecule has 7 nitrogen and oxygen atoms in total. The second kappa shape index (κ2) is 9.72. The molecule has 0 aromatic heterocycles. The summed E-state index contributed by atoms with van der Waals surface area (Å²) in [4.78, 5) is 12.1. The number of carbonyl (C=O) groups excluding carboxylic acids is 1. The van der Waals surface area contributed by atoms with Gasteiger partial charge in [0.1, 0.15) is 16.4 Å². The second-order valence-corrected chi connectivity index (χ2v) is 8.61. The van der Waals surface area contributed by atoms with Gasteiger partial charge in [0.2, 0.25) is 0 Å². The van der Waals surface area contributed by atoms with Gasteiger partial charge in [-0.3, -0.25) is 9.52 Å². The minimum absolute atomic E-state index is 0.0107. The van der Waals surface area contributed by atoms with Crippen LogP contribution in [0.15, 0.2) is 71.6 Å². The topological polar surface area (TPSA) is 93.7 Å². The van der Waals surface area contributed by atoms with E-state index >= 15 is 0 Å². The lowest BCUT2D eigenvalue weighted by atomic mass is 10.2. The Kier molecular flexibility index (Phi) is 7.04. The summed E-state index contributed by atoms with van der Waals surface area (Å²) in [5, 5.41) is 2.63. The number of para-hydroxylation sites is 3. The standard InChI is InChI=1S/C22H21ClN2O5S/c1-15-7-3-5-9-19(15)30-14-22(26)24-16-11-12-17(23)21(13-16)31(27,28)25-18-8-4-6-10-20(18)29-2/h3-13,25H,14H2,1-2H3,(H,24,26). The molecule has 0 saturated carbocycles. The number of sulfonamides is 1. The normalized spacial score (nSPS) is 10.9. The number of methoxy groups -OCH3 is 1. The summed E-state index contributed by atoms with van der Waals surface area (Å²) in [6, 6.07) is 18.1. The predicted molar refractivity (Wildman–Crippen MR) is 121 cm³/mol. The van der Waals surface area contributed by atoms with Crippen molar-refractivity contribution in [1.29, 1.82) is 0 Å². The Morgan fingerprint density at radius 2 is 1.68 bits per heavy atom. The van der Waals surface area contributed by atoms with Crippen molar-refractivity contribution >= 4 is 38.9 Å². The maximum absolute atomic E-state index is 12.9. The van der Waals surface area contributed by atoms with E-state index in [1.54, 1.807) is 30.3 Å². The first-order valence-electron chi connectivity index (χ1n) is 9.24. The summed E-state index contributed by atoms with van der Waals surface area (Å²) in [6.07, 6.45) is 0. The smallest absolute Gasteiger partial charge is 0.263 e. The number of hydrogen-bond acceptors (Lipinski definition) is 5. The van der Waals surface area contributed by atoms with Crippen molar-refractivity contribution < 1.29 is 22.7 Å². The van der Waals surface area contributed by atoms with E-state index in [-0.39, 0.29) is 27.9 Å². The highest BCUT2D eigenvalue weighted by atomic mass is 35.5. The van der Waals surface area contributed by atoms with E-state index in [9.17, 15) is 13.2 Å². The largest absolute Gasteiger partial charge is 0.495 e. The summed E-state index contributed by atoms with van der Waals surface area (Å²) < 4.78 is 38.9. The van der Waals surface area contributed by atoms with E-state index in [0.717, 1.165) is 5.56 Å². The number of rotatable bonds is 8. The molecule has 3 aromatic rings. The van der Waals surface area contributed by atoms with Crippen LogP contribution in [-0.2, 0) is 14.8 Å². The van der Waals surface area contributed by atoms with Crippen LogP contribution < -0.4 is 19.5 Å². The molecular formula is C22H21ClN2O5S. The Morgan fingerprint density at radius 3 is 2.39 bits per heavy atom. The van der Waals surface area contributed by atoms with Gasteiger partial charge < -0.3 is 14.8 Å². The minimum atomic E-state index is -4.04. The quantitative estimate of drug-likeness (QED) is 0.517. The predicted octanol–water partition coefficient (Wildman–Crippen LogP) is 4.48. The molecule has 0 atom stereocenters. The second-order valence-electron chi connectivity index (χ2n) is 6.55. The van der Waals surface area contributed by atoms with E-state index < -0.39 is 15.9 Å². The van der Waals surface area contributed by atoms with Crippen LogP contribution in [0.2, 0.25) is 5.02 Å². The molecule has 0 aliphatic rings. The number of hydrogen-bond donors (Lipinski definition) is 2. The minimum Gasteiger partial charge on any atom is -0.495 e. The molecule has 0 fully saturated rings. The summed E-state index contributed by atoms with van der Waals surface area (Å²) in [6.45, 7) is 1.65. The van der Waals surface area contributed by atoms with E-state index in [4.69, 9.17) is 21.1 Å². The average molecular weight is 461 g/mol. The SMILES string of the molecule is COc1ccccc1NS(=O)(=O)c1cc(NC(=O)COc2ccccc2C)ccc1Cl. The first-order chi connectivity index (χ1) is 14.8. The van der Waals surface area contributed by atoms with Gasteiger partial charge >= 0.3 is 0 Å². The van der Waals surface area contributed by atoms with Gasteiger partial charge in [0.05, 0.1) is 17.8 Å². The third-order valence-electron chi connectivity index (χ3n) is 4.31. The van der Waals surface area contributed by atoms with Gasteiger partial charge in [-0.25, -0.2) is 8.42 Å². The molecule has 31 heavy (non-hydrogen) atoms. The Hall–Kier alpha value is -3.23. The Morgan fingerprint density at radius 1 is 1.00 bits per heavy atom. The van der Waals surface area contributed by atoms with Crippen molar-refractivity contribution in [1.82, 2.24) is 0 Å². The Labute approximate surface area is 186 Å².